The predicted molar refractivity (Wildman–Crippen MR) is 134 cm³/mol. The van der Waals surface area contributed by atoms with Crippen molar-refractivity contribution < 1.29 is 27.5 Å². The van der Waals surface area contributed by atoms with Crippen molar-refractivity contribution in [2.45, 2.75) is 37.6 Å². The van der Waals surface area contributed by atoms with E-state index in [9.17, 15) is 28.0 Å². The molecule has 0 radical (unpaired) electrons. The fraction of sp³-hybridized carbons (Fsp3) is 0.259. The number of esters is 1. The van der Waals surface area contributed by atoms with Gasteiger partial charge < -0.3 is 10.1 Å². The van der Waals surface area contributed by atoms with Crippen molar-refractivity contribution in [2.24, 2.45) is 0 Å². The highest BCUT2D eigenvalue weighted by Crippen LogP contribution is 2.36. The quantitative estimate of drug-likeness (QED) is 0.306. The monoisotopic (exact) mass is 527 g/mol. The highest BCUT2D eigenvalue weighted by Gasteiger charge is 2.30. The number of benzene rings is 2. The van der Waals surface area contributed by atoms with E-state index in [4.69, 9.17) is 4.74 Å². The zero-order valence-corrected chi connectivity index (χ0v) is 21.2. The Morgan fingerprint density at radius 1 is 1.03 bits per heavy atom. The van der Waals surface area contributed by atoms with E-state index in [-0.39, 0.29) is 22.9 Å². The maximum atomic E-state index is 13.1. The minimum Gasteiger partial charge on any atom is -0.459 e. The van der Waals surface area contributed by atoms with Crippen LogP contribution in [0, 0.1) is 11.3 Å². The van der Waals surface area contributed by atoms with Gasteiger partial charge in [0.25, 0.3) is 0 Å². The molecule has 1 amide bonds. The fourth-order valence-electron chi connectivity index (χ4n) is 3.29. The summed E-state index contributed by atoms with van der Waals surface area (Å²) >= 11 is 0.992. The number of thioether (sulfide) groups is 1. The molecule has 3 rings (SSSR count). The summed E-state index contributed by atoms with van der Waals surface area (Å²) in [6.07, 6.45) is -4.49. The third kappa shape index (κ3) is 7.82. The second-order valence-electron chi connectivity index (χ2n) is 8.94. The van der Waals surface area contributed by atoms with Crippen molar-refractivity contribution in [1.29, 1.82) is 5.26 Å². The van der Waals surface area contributed by atoms with E-state index < -0.39 is 29.2 Å². The molecule has 0 spiro atoms. The number of hydrogen-bond acceptors (Lipinski definition) is 6. The molecule has 1 heterocycles. The van der Waals surface area contributed by atoms with Crippen LogP contribution in [0.1, 0.15) is 31.9 Å². The Bertz CT molecular complexity index is 1310. The van der Waals surface area contributed by atoms with Crippen LogP contribution in [0.5, 0.6) is 0 Å². The van der Waals surface area contributed by atoms with Gasteiger partial charge in [-0.25, -0.2) is 4.98 Å². The molecule has 0 fully saturated rings. The first-order valence-electron chi connectivity index (χ1n) is 11.2. The van der Waals surface area contributed by atoms with E-state index >= 15 is 0 Å². The Kier molecular flexibility index (Phi) is 8.61. The van der Waals surface area contributed by atoms with Crippen LogP contribution in [-0.2, 0) is 20.5 Å². The molecule has 10 heteroatoms. The summed E-state index contributed by atoms with van der Waals surface area (Å²) in [5.41, 5.74) is 0.659. The molecular weight excluding hydrogens is 503 g/mol. The first-order valence-corrected chi connectivity index (χ1v) is 12.2. The highest BCUT2D eigenvalue weighted by molar-refractivity contribution is 8.00. The maximum absolute atomic E-state index is 13.1. The van der Waals surface area contributed by atoms with Crippen LogP contribution in [0.3, 0.4) is 0 Å². The lowest BCUT2D eigenvalue weighted by Gasteiger charge is -2.19. The molecule has 0 saturated carbocycles. The van der Waals surface area contributed by atoms with Crippen LogP contribution in [0.4, 0.5) is 13.2 Å². The van der Waals surface area contributed by atoms with Crippen LogP contribution in [0.25, 0.3) is 22.4 Å². The SMILES string of the molecule is CC(C)(C)OC(=O)CNC(=O)CSc1nc(-c2ccccc2)cc(-c2ccc(C(F)(F)F)cc2)c1C#N. The molecule has 192 valence electrons. The molecule has 0 bridgehead atoms. The third-order valence-electron chi connectivity index (χ3n) is 4.88. The number of amides is 1. The molecule has 0 atom stereocenters. The third-order valence-corrected chi connectivity index (χ3v) is 5.86. The molecule has 2 aromatic carbocycles. The lowest BCUT2D eigenvalue weighted by Crippen LogP contribution is -2.35. The van der Waals surface area contributed by atoms with E-state index in [1.807, 2.05) is 30.3 Å². The first kappa shape index (κ1) is 27.7. The fourth-order valence-corrected chi connectivity index (χ4v) is 4.12. The number of carbonyl (C=O) groups excluding carboxylic acids is 2. The molecule has 1 N–H and O–H groups in total. The van der Waals surface area contributed by atoms with Gasteiger partial charge in [0.2, 0.25) is 5.91 Å². The van der Waals surface area contributed by atoms with E-state index in [0.29, 0.717) is 16.8 Å². The summed E-state index contributed by atoms with van der Waals surface area (Å²) in [6.45, 7) is 4.83. The zero-order chi connectivity index (χ0) is 27.2. The van der Waals surface area contributed by atoms with Gasteiger partial charge in [-0.1, -0.05) is 54.2 Å². The van der Waals surface area contributed by atoms with Crippen molar-refractivity contribution >= 4 is 23.6 Å². The largest absolute Gasteiger partial charge is 0.459 e. The van der Waals surface area contributed by atoms with E-state index in [1.54, 1.807) is 26.8 Å². The minimum absolute atomic E-state index is 0.129. The van der Waals surface area contributed by atoms with E-state index in [0.717, 1.165) is 29.5 Å². The number of aromatic nitrogens is 1. The minimum atomic E-state index is -4.49. The van der Waals surface area contributed by atoms with Crippen molar-refractivity contribution in [3.8, 4) is 28.5 Å². The number of rotatable bonds is 7. The molecule has 37 heavy (non-hydrogen) atoms. The number of nitriles is 1. The number of carbonyl (C=O) groups is 2. The van der Waals surface area contributed by atoms with E-state index in [2.05, 4.69) is 16.4 Å². The predicted octanol–water partition coefficient (Wildman–Crippen LogP) is 5.86. The van der Waals surface area contributed by atoms with Gasteiger partial charge in [-0.05, 0) is 44.5 Å². The Balaban J connectivity index is 1.91. The molecule has 0 aliphatic heterocycles. The van der Waals surface area contributed by atoms with Gasteiger partial charge >= 0.3 is 12.1 Å². The van der Waals surface area contributed by atoms with Crippen LogP contribution < -0.4 is 5.32 Å². The standard InChI is InChI=1S/C27H24F3N3O3S/c1-26(2,3)36-24(35)15-32-23(34)16-37-25-21(14-31)20(13-22(33-25)18-7-5-4-6-8-18)17-9-11-19(12-10-17)27(28,29)30/h4-13H,15-16H2,1-3H3,(H,32,34). The number of hydrogen-bond donors (Lipinski definition) is 1. The van der Waals surface area contributed by atoms with Crippen molar-refractivity contribution in [3.63, 3.8) is 0 Å². The normalized spacial score (nSPS) is 11.5. The van der Waals surface area contributed by atoms with E-state index in [1.165, 1.54) is 12.1 Å². The van der Waals surface area contributed by atoms with Gasteiger partial charge in [0.1, 0.15) is 23.2 Å². The van der Waals surface area contributed by atoms with Gasteiger partial charge in [0.05, 0.1) is 22.6 Å². The van der Waals surface area contributed by atoms with Gasteiger partial charge in [-0.3, -0.25) is 9.59 Å². The summed E-state index contributed by atoms with van der Waals surface area (Å²) in [4.78, 5) is 28.8. The van der Waals surface area contributed by atoms with Crippen molar-refractivity contribution in [3.05, 3.63) is 71.8 Å². The van der Waals surface area contributed by atoms with Crippen LogP contribution in [0.15, 0.2) is 65.7 Å². The summed E-state index contributed by atoms with van der Waals surface area (Å²) in [7, 11) is 0. The number of halogens is 3. The maximum Gasteiger partial charge on any atom is 0.416 e. The van der Waals surface area contributed by atoms with Gasteiger partial charge in [0.15, 0.2) is 0 Å². The summed E-state index contributed by atoms with van der Waals surface area (Å²) in [6, 6.07) is 17.3. The Morgan fingerprint density at radius 2 is 1.68 bits per heavy atom. The molecule has 1 aromatic heterocycles. The average Bonchev–Trinajstić information content (AvgIpc) is 2.84. The number of alkyl halides is 3. The van der Waals surface area contributed by atoms with Gasteiger partial charge in [-0.15, -0.1) is 0 Å². The second kappa shape index (κ2) is 11.5. The number of nitrogens with one attached hydrogen (secondary N) is 1. The van der Waals surface area contributed by atoms with Crippen LogP contribution in [0.2, 0.25) is 0 Å². The molecule has 3 aromatic rings. The summed E-state index contributed by atoms with van der Waals surface area (Å²) in [5, 5.41) is 12.6. The number of ether oxygens (including phenoxy) is 1. The number of nitrogens with zero attached hydrogens (tertiary/aromatic N) is 2. The zero-order valence-electron chi connectivity index (χ0n) is 20.3. The topological polar surface area (TPSA) is 92.1 Å². The van der Waals surface area contributed by atoms with Crippen molar-refractivity contribution in [2.75, 3.05) is 12.3 Å². The van der Waals surface area contributed by atoms with Crippen molar-refractivity contribution in [1.82, 2.24) is 10.3 Å². The Morgan fingerprint density at radius 3 is 2.24 bits per heavy atom. The van der Waals surface area contributed by atoms with Gasteiger partial charge in [-0.2, -0.15) is 18.4 Å². The first-order chi connectivity index (χ1) is 17.4. The lowest BCUT2D eigenvalue weighted by atomic mass is 9.98. The lowest BCUT2D eigenvalue weighted by molar-refractivity contribution is -0.154. The smallest absolute Gasteiger partial charge is 0.416 e. The van der Waals surface area contributed by atoms with Gasteiger partial charge in [0, 0.05) is 11.1 Å². The summed E-state index contributed by atoms with van der Waals surface area (Å²) in [5.74, 6) is -1.20. The molecule has 6 nitrogen and oxygen atoms in total. The Labute approximate surface area is 216 Å². The molecule has 0 unspecified atom stereocenters. The highest BCUT2D eigenvalue weighted by atomic mass is 32.2. The molecular formula is C27H24F3N3O3S. The molecule has 0 saturated heterocycles. The van der Waals surface area contributed by atoms with Crippen LogP contribution in [-0.4, -0.2) is 34.8 Å². The molecule has 0 aliphatic rings. The Hall–Kier alpha value is -3.84. The average molecular weight is 528 g/mol. The second-order valence-corrected chi connectivity index (χ2v) is 9.90. The van der Waals surface area contributed by atoms with Crippen LogP contribution >= 0.6 is 11.8 Å². The summed E-state index contributed by atoms with van der Waals surface area (Å²) < 4.78 is 44.3. The molecule has 0 aliphatic carbocycles. The number of pyridine rings is 1.